The van der Waals surface area contributed by atoms with Crippen molar-refractivity contribution in [3.63, 3.8) is 0 Å². The van der Waals surface area contributed by atoms with E-state index in [0.717, 1.165) is 11.4 Å². The lowest BCUT2D eigenvalue weighted by Crippen LogP contribution is -2.14. The Labute approximate surface area is 118 Å². The molecule has 2 rings (SSSR count). The standard InChI is InChI=1S/C11H14N4O2S2/c1-7-5-18-10(13-7)14-9(17)6-19-11-12-3-8(4-16)15(11)2/h3,5,16H,4,6H2,1-2H3,(H,13,14,17). The number of thiazole rings is 1. The second-order valence-electron chi connectivity index (χ2n) is 3.88. The summed E-state index contributed by atoms with van der Waals surface area (Å²) in [5.74, 6) is 0.141. The van der Waals surface area contributed by atoms with Gasteiger partial charge in [0.25, 0.3) is 0 Å². The van der Waals surface area contributed by atoms with Crippen LogP contribution in [0.25, 0.3) is 0 Å². The minimum atomic E-state index is -0.118. The first-order chi connectivity index (χ1) is 9.10. The van der Waals surface area contributed by atoms with E-state index < -0.39 is 0 Å². The van der Waals surface area contributed by atoms with Crippen molar-refractivity contribution in [3.05, 3.63) is 23.0 Å². The number of rotatable bonds is 5. The van der Waals surface area contributed by atoms with E-state index in [1.165, 1.54) is 23.1 Å². The maximum atomic E-state index is 11.7. The van der Waals surface area contributed by atoms with E-state index in [4.69, 9.17) is 5.11 Å². The number of nitrogens with one attached hydrogen (secondary N) is 1. The van der Waals surface area contributed by atoms with Crippen LogP contribution in [0.1, 0.15) is 11.4 Å². The molecule has 19 heavy (non-hydrogen) atoms. The smallest absolute Gasteiger partial charge is 0.236 e. The summed E-state index contributed by atoms with van der Waals surface area (Å²) < 4.78 is 1.77. The molecular weight excluding hydrogens is 284 g/mol. The summed E-state index contributed by atoms with van der Waals surface area (Å²) in [6.45, 7) is 1.82. The summed E-state index contributed by atoms with van der Waals surface area (Å²) in [7, 11) is 1.81. The Morgan fingerprint density at radius 1 is 1.63 bits per heavy atom. The van der Waals surface area contributed by atoms with Crippen molar-refractivity contribution < 1.29 is 9.90 Å². The highest BCUT2D eigenvalue weighted by Crippen LogP contribution is 2.19. The van der Waals surface area contributed by atoms with E-state index in [0.29, 0.717) is 10.3 Å². The van der Waals surface area contributed by atoms with Gasteiger partial charge in [-0.15, -0.1) is 11.3 Å². The van der Waals surface area contributed by atoms with Crippen molar-refractivity contribution in [2.75, 3.05) is 11.1 Å². The number of amides is 1. The highest BCUT2D eigenvalue weighted by molar-refractivity contribution is 7.99. The van der Waals surface area contributed by atoms with Gasteiger partial charge in [0.15, 0.2) is 10.3 Å². The summed E-state index contributed by atoms with van der Waals surface area (Å²) in [5.41, 5.74) is 1.61. The molecule has 0 radical (unpaired) electrons. The van der Waals surface area contributed by atoms with Gasteiger partial charge in [-0.3, -0.25) is 4.79 Å². The fourth-order valence-corrected chi connectivity index (χ4v) is 2.88. The van der Waals surface area contributed by atoms with Gasteiger partial charge < -0.3 is 15.0 Å². The Kier molecular flexibility index (Phi) is 4.56. The van der Waals surface area contributed by atoms with E-state index in [9.17, 15) is 4.79 Å². The molecule has 0 spiro atoms. The maximum Gasteiger partial charge on any atom is 0.236 e. The van der Waals surface area contributed by atoms with Crippen molar-refractivity contribution in [1.82, 2.24) is 14.5 Å². The molecule has 2 heterocycles. The van der Waals surface area contributed by atoms with Gasteiger partial charge in [0.2, 0.25) is 5.91 Å². The van der Waals surface area contributed by atoms with Crippen molar-refractivity contribution in [2.45, 2.75) is 18.7 Å². The monoisotopic (exact) mass is 298 g/mol. The SMILES string of the molecule is Cc1csc(NC(=O)CSc2ncc(CO)n2C)n1. The minimum Gasteiger partial charge on any atom is -0.390 e. The van der Waals surface area contributed by atoms with E-state index in [-0.39, 0.29) is 18.3 Å². The summed E-state index contributed by atoms with van der Waals surface area (Å²) in [6, 6.07) is 0. The minimum absolute atomic E-state index is 0.0609. The third-order valence-corrected chi connectivity index (χ3v) is 4.32. The first-order valence-corrected chi connectivity index (χ1v) is 7.43. The zero-order valence-corrected chi connectivity index (χ0v) is 12.2. The highest BCUT2D eigenvalue weighted by atomic mass is 32.2. The van der Waals surface area contributed by atoms with E-state index in [1.54, 1.807) is 10.8 Å². The number of hydrogen-bond donors (Lipinski definition) is 2. The fourth-order valence-electron chi connectivity index (χ4n) is 1.40. The first-order valence-electron chi connectivity index (χ1n) is 5.56. The zero-order valence-electron chi connectivity index (χ0n) is 10.6. The number of aliphatic hydroxyl groups is 1. The Morgan fingerprint density at radius 3 is 3.00 bits per heavy atom. The molecule has 0 saturated heterocycles. The molecule has 0 aliphatic heterocycles. The number of hydrogen-bond acceptors (Lipinski definition) is 6. The summed E-state index contributed by atoms with van der Waals surface area (Å²) in [6.07, 6.45) is 1.60. The van der Waals surface area contributed by atoms with Crippen molar-refractivity contribution in [1.29, 1.82) is 0 Å². The lowest BCUT2D eigenvalue weighted by atomic mass is 10.5. The number of anilines is 1. The lowest BCUT2D eigenvalue weighted by molar-refractivity contribution is -0.113. The van der Waals surface area contributed by atoms with Gasteiger partial charge in [-0.1, -0.05) is 11.8 Å². The molecule has 0 unspecified atom stereocenters. The van der Waals surface area contributed by atoms with Gasteiger partial charge in [-0.2, -0.15) is 0 Å². The molecule has 0 bridgehead atoms. The summed E-state index contributed by atoms with van der Waals surface area (Å²) in [4.78, 5) is 20.0. The molecule has 0 saturated carbocycles. The first kappa shape index (κ1) is 14.0. The predicted molar refractivity (Wildman–Crippen MR) is 75.3 cm³/mol. The molecule has 0 aliphatic carbocycles. The molecule has 0 atom stereocenters. The quantitative estimate of drug-likeness (QED) is 0.816. The second kappa shape index (κ2) is 6.18. The molecule has 1 amide bonds. The Morgan fingerprint density at radius 2 is 2.42 bits per heavy atom. The third kappa shape index (κ3) is 3.55. The Bertz CT molecular complexity index is 579. The van der Waals surface area contributed by atoms with Crippen LogP contribution in [-0.4, -0.2) is 31.3 Å². The second-order valence-corrected chi connectivity index (χ2v) is 5.68. The number of nitrogens with zero attached hydrogens (tertiary/aromatic N) is 3. The topological polar surface area (TPSA) is 80.0 Å². The van der Waals surface area contributed by atoms with Gasteiger partial charge in [0, 0.05) is 12.4 Å². The van der Waals surface area contributed by atoms with Crippen LogP contribution < -0.4 is 5.32 Å². The molecule has 2 aromatic heterocycles. The van der Waals surface area contributed by atoms with Gasteiger partial charge in [-0.05, 0) is 6.92 Å². The van der Waals surface area contributed by atoms with Gasteiger partial charge >= 0.3 is 0 Å². The number of imidazole rings is 1. The van der Waals surface area contributed by atoms with Crippen LogP contribution in [0.4, 0.5) is 5.13 Å². The van der Waals surface area contributed by atoms with Crippen LogP contribution in [0.5, 0.6) is 0 Å². The molecule has 102 valence electrons. The van der Waals surface area contributed by atoms with Crippen LogP contribution in [0.2, 0.25) is 0 Å². The maximum absolute atomic E-state index is 11.7. The summed E-state index contributed by atoms with van der Waals surface area (Å²) >= 11 is 2.73. The fraction of sp³-hybridized carbons (Fsp3) is 0.364. The van der Waals surface area contributed by atoms with Gasteiger partial charge in [0.05, 0.1) is 29.9 Å². The number of thioether (sulfide) groups is 1. The van der Waals surface area contributed by atoms with E-state index in [1.807, 2.05) is 19.4 Å². The molecule has 2 aromatic rings. The van der Waals surface area contributed by atoms with Gasteiger partial charge in [0.1, 0.15) is 0 Å². The lowest BCUT2D eigenvalue weighted by Gasteiger charge is -2.03. The molecule has 0 fully saturated rings. The summed E-state index contributed by atoms with van der Waals surface area (Å²) in [5, 5.41) is 15.0. The molecule has 8 heteroatoms. The largest absolute Gasteiger partial charge is 0.390 e. The number of carbonyl (C=O) groups is 1. The van der Waals surface area contributed by atoms with Gasteiger partial charge in [-0.25, -0.2) is 9.97 Å². The van der Waals surface area contributed by atoms with Crippen LogP contribution in [0.15, 0.2) is 16.7 Å². The van der Waals surface area contributed by atoms with Crippen molar-refractivity contribution in [2.24, 2.45) is 7.05 Å². The molecular formula is C11H14N4O2S2. The molecule has 6 nitrogen and oxygen atoms in total. The van der Waals surface area contributed by atoms with Crippen LogP contribution in [0.3, 0.4) is 0 Å². The number of aliphatic hydroxyl groups excluding tert-OH is 1. The third-order valence-electron chi connectivity index (χ3n) is 2.40. The van der Waals surface area contributed by atoms with Crippen molar-refractivity contribution in [3.8, 4) is 0 Å². The zero-order chi connectivity index (χ0) is 13.8. The highest BCUT2D eigenvalue weighted by Gasteiger charge is 2.10. The molecule has 0 aliphatic rings. The Hall–Kier alpha value is -1.38. The number of aromatic nitrogens is 3. The predicted octanol–water partition coefficient (Wildman–Crippen LogP) is 1.41. The normalized spacial score (nSPS) is 10.7. The Balaban J connectivity index is 1.88. The van der Waals surface area contributed by atoms with Crippen LogP contribution in [-0.2, 0) is 18.4 Å². The van der Waals surface area contributed by atoms with E-state index in [2.05, 4.69) is 15.3 Å². The van der Waals surface area contributed by atoms with Crippen LogP contribution >= 0.6 is 23.1 Å². The molecule has 0 aromatic carbocycles. The number of carbonyl (C=O) groups excluding carboxylic acids is 1. The number of aryl methyl sites for hydroxylation is 1. The average Bonchev–Trinajstić information content (AvgIpc) is 2.93. The van der Waals surface area contributed by atoms with Crippen molar-refractivity contribution >= 4 is 34.1 Å². The van der Waals surface area contributed by atoms with Crippen LogP contribution in [0, 0.1) is 6.92 Å². The van der Waals surface area contributed by atoms with E-state index >= 15 is 0 Å². The molecule has 2 N–H and O–H groups in total. The average molecular weight is 298 g/mol.